The van der Waals surface area contributed by atoms with Gasteiger partial charge in [0.2, 0.25) is 0 Å². The lowest BCUT2D eigenvalue weighted by molar-refractivity contribution is -0.138. The first kappa shape index (κ1) is 20.2. The molecule has 0 spiro atoms. The minimum Gasteiger partial charge on any atom is -0.381 e. The van der Waals surface area contributed by atoms with E-state index in [1.165, 1.54) is 32.0 Å². The first-order chi connectivity index (χ1) is 12.5. The van der Waals surface area contributed by atoms with Gasteiger partial charge < -0.3 is 10.4 Å². The molecule has 0 saturated carbocycles. The van der Waals surface area contributed by atoms with Crippen molar-refractivity contribution in [2.45, 2.75) is 25.6 Å². The number of hydrazine groups is 1. The Morgan fingerprint density at radius 1 is 0.926 bits per heavy atom. The maximum Gasteiger partial charge on any atom is 0.416 e. The Hall–Kier alpha value is -3.07. The molecule has 0 atom stereocenters. The summed E-state index contributed by atoms with van der Waals surface area (Å²) in [4.78, 5) is 23.9. The smallest absolute Gasteiger partial charge is 0.381 e. The number of anilines is 2. The zero-order valence-corrected chi connectivity index (χ0v) is 14.5. The van der Waals surface area contributed by atoms with Crippen LogP contribution in [0.2, 0.25) is 0 Å². The number of aliphatic hydroxyl groups is 1. The maximum absolute atomic E-state index is 12.6. The molecule has 2 amide bonds. The fraction of sp³-hybridized carbons (Fsp3) is 0.222. The van der Waals surface area contributed by atoms with Crippen LogP contribution >= 0.6 is 0 Å². The highest BCUT2D eigenvalue weighted by Gasteiger charge is 2.30. The van der Waals surface area contributed by atoms with Gasteiger partial charge in [0.05, 0.1) is 16.8 Å². The lowest BCUT2D eigenvalue weighted by atomic mass is 10.1. The molecule has 0 aliphatic carbocycles. The van der Waals surface area contributed by atoms with Crippen molar-refractivity contribution in [3.05, 3.63) is 59.7 Å². The van der Waals surface area contributed by atoms with Gasteiger partial charge in [-0.15, -0.1) is 0 Å². The third-order valence-corrected chi connectivity index (χ3v) is 3.51. The summed E-state index contributed by atoms with van der Waals surface area (Å²) in [5.41, 5.74) is 2.63. The third-order valence-electron chi connectivity index (χ3n) is 3.51. The molecular weight excluding hydrogens is 363 g/mol. The minimum absolute atomic E-state index is 0.147. The molecular formula is C18H18F3N3O3. The second kappa shape index (κ2) is 7.67. The lowest BCUT2D eigenvalue weighted by Gasteiger charge is -2.18. The molecule has 0 unspecified atom stereocenters. The van der Waals surface area contributed by atoms with Crippen molar-refractivity contribution in [3.63, 3.8) is 0 Å². The van der Waals surface area contributed by atoms with Crippen LogP contribution in [0.5, 0.6) is 0 Å². The van der Waals surface area contributed by atoms with Crippen LogP contribution in [0.15, 0.2) is 48.5 Å². The van der Waals surface area contributed by atoms with E-state index in [1.807, 2.05) is 0 Å². The zero-order chi connectivity index (χ0) is 20.2. The van der Waals surface area contributed by atoms with Gasteiger partial charge in [-0.25, -0.2) is 0 Å². The summed E-state index contributed by atoms with van der Waals surface area (Å²) < 4.78 is 37.9. The van der Waals surface area contributed by atoms with Gasteiger partial charge in [0.15, 0.2) is 0 Å². The van der Waals surface area contributed by atoms with E-state index >= 15 is 0 Å². The van der Waals surface area contributed by atoms with Crippen molar-refractivity contribution in [1.82, 2.24) is 10.9 Å². The number of halogens is 3. The van der Waals surface area contributed by atoms with Gasteiger partial charge in [-0.3, -0.25) is 20.4 Å². The molecule has 2 rings (SSSR count). The molecule has 6 nitrogen and oxygen atoms in total. The number of hydrogen-bond acceptors (Lipinski definition) is 4. The van der Waals surface area contributed by atoms with E-state index in [9.17, 15) is 27.9 Å². The molecule has 0 heterocycles. The van der Waals surface area contributed by atoms with Crippen molar-refractivity contribution in [2.75, 3.05) is 5.32 Å². The summed E-state index contributed by atoms with van der Waals surface area (Å²) in [7, 11) is 0. The van der Waals surface area contributed by atoms with Crippen LogP contribution in [0.3, 0.4) is 0 Å². The quantitative estimate of drug-likeness (QED) is 0.613. The number of hydrogen-bond donors (Lipinski definition) is 4. The summed E-state index contributed by atoms with van der Waals surface area (Å²) in [6.07, 6.45) is -4.44. The SMILES string of the molecule is CC(C)(O)C(=O)NNC(=O)c1ccccc1Nc1ccc(C(F)(F)F)cc1. The number of carbonyl (C=O) groups is 2. The summed E-state index contributed by atoms with van der Waals surface area (Å²) >= 11 is 0. The molecule has 9 heteroatoms. The molecule has 27 heavy (non-hydrogen) atoms. The van der Waals surface area contributed by atoms with E-state index in [2.05, 4.69) is 16.2 Å². The van der Waals surface area contributed by atoms with Crippen LogP contribution in [0.1, 0.15) is 29.8 Å². The Balaban J connectivity index is 2.13. The first-order valence-corrected chi connectivity index (χ1v) is 7.85. The summed E-state index contributed by atoms with van der Waals surface area (Å²) in [6, 6.07) is 10.6. The molecule has 0 bridgehead atoms. The van der Waals surface area contributed by atoms with Crippen molar-refractivity contribution < 1.29 is 27.9 Å². The molecule has 0 radical (unpaired) electrons. The largest absolute Gasteiger partial charge is 0.416 e. The van der Waals surface area contributed by atoms with E-state index in [0.717, 1.165) is 12.1 Å². The normalized spacial score (nSPS) is 11.6. The highest BCUT2D eigenvalue weighted by molar-refractivity contribution is 6.01. The number of nitrogens with one attached hydrogen (secondary N) is 3. The predicted octanol–water partition coefficient (Wildman–Crippen LogP) is 2.98. The minimum atomic E-state index is -4.44. The monoisotopic (exact) mass is 381 g/mol. The number of rotatable bonds is 4. The first-order valence-electron chi connectivity index (χ1n) is 7.85. The van der Waals surface area contributed by atoms with Gasteiger partial charge >= 0.3 is 6.18 Å². The third kappa shape index (κ3) is 5.45. The number of para-hydroxylation sites is 1. The highest BCUT2D eigenvalue weighted by Crippen LogP contribution is 2.30. The lowest BCUT2D eigenvalue weighted by Crippen LogP contribution is -2.50. The number of alkyl halides is 3. The molecule has 0 aliphatic rings. The van der Waals surface area contributed by atoms with Gasteiger partial charge in [0.1, 0.15) is 5.60 Å². The summed E-state index contributed by atoms with van der Waals surface area (Å²) in [5.74, 6) is -1.47. The van der Waals surface area contributed by atoms with Crippen LogP contribution in [0, 0.1) is 0 Å². The molecule has 0 aliphatic heterocycles. The van der Waals surface area contributed by atoms with Gasteiger partial charge in [0, 0.05) is 5.69 Å². The zero-order valence-electron chi connectivity index (χ0n) is 14.5. The summed E-state index contributed by atoms with van der Waals surface area (Å²) in [5, 5.41) is 12.4. The Labute approximate surface area is 153 Å². The number of amides is 2. The van der Waals surface area contributed by atoms with Gasteiger partial charge in [-0.1, -0.05) is 12.1 Å². The molecule has 0 fully saturated rings. The standard InChI is InChI=1S/C18H18F3N3O3/c1-17(2,27)16(26)24-23-15(25)13-5-3-4-6-14(13)22-12-9-7-11(8-10-12)18(19,20)21/h3-10,22,27H,1-2H3,(H,23,25)(H,24,26). The summed E-state index contributed by atoms with van der Waals surface area (Å²) in [6.45, 7) is 2.52. The van der Waals surface area contributed by atoms with Gasteiger partial charge in [0.25, 0.3) is 11.8 Å². The highest BCUT2D eigenvalue weighted by atomic mass is 19.4. The van der Waals surface area contributed by atoms with Crippen LogP contribution in [0.4, 0.5) is 24.5 Å². The van der Waals surface area contributed by atoms with Crippen LogP contribution in [-0.4, -0.2) is 22.5 Å². The van der Waals surface area contributed by atoms with E-state index < -0.39 is 29.2 Å². The predicted molar refractivity (Wildman–Crippen MR) is 93.1 cm³/mol. The number of benzene rings is 2. The molecule has 144 valence electrons. The Morgan fingerprint density at radius 3 is 2.07 bits per heavy atom. The van der Waals surface area contributed by atoms with E-state index in [0.29, 0.717) is 11.4 Å². The Morgan fingerprint density at radius 2 is 1.52 bits per heavy atom. The molecule has 2 aromatic rings. The Bertz CT molecular complexity index is 828. The van der Waals surface area contributed by atoms with Crippen molar-refractivity contribution in [3.8, 4) is 0 Å². The van der Waals surface area contributed by atoms with Gasteiger partial charge in [-0.2, -0.15) is 13.2 Å². The van der Waals surface area contributed by atoms with E-state index in [-0.39, 0.29) is 5.56 Å². The van der Waals surface area contributed by atoms with Crippen LogP contribution in [-0.2, 0) is 11.0 Å². The fourth-order valence-electron chi connectivity index (χ4n) is 2.02. The molecule has 4 N–H and O–H groups in total. The van der Waals surface area contributed by atoms with Crippen LogP contribution in [0.25, 0.3) is 0 Å². The van der Waals surface area contributed by atoms with Crippen LogP contribution < -0.4 is 16.2 Å². The molecule has 0 saturated heterocycles. The second-order valence-corrected chi connectivity index (χ2v) is 6.21. The average molecular weight is 381 g/mol. The average Bonchev–Trinajstić information content (AvgIpc) is 2.58. The fourth-order valence-corrected chi connectivity index (χ4v) is 2.02. The number of carbonyl (C=O) groups excluding carboxylic acids is 2. The molecule has 2 aromatic carbocycles. The Kier molecular flexibility index (Phi) is 5.75. The maximum atomic E-state index is 12.6. The molecule has 0 aromatic heterocycles. The topological polar surface area (TPSA) is 90.5 Å². The van der Waals surface area contributed by atoms with Gasteiger partial charge in [-0.05, 0) is 50.2 Å². The van der Waals surface area contributed by atoms with Crippen molar-refractivity contribution >= 4 is 23.2 Å². The van der Waals surface area contributed by atoms with E-state index in [4.69, 9.17) is 0 Å². The van der Waals surface area contributed by atoms with Crippen molar-refractivity contribution in [1.29, 1.82) is 0 Å². The second-order valence-electron chi connectivity index (χ2n) is 6.21. The van der Waals surface area contributed by atoms with Crippen molar-refractivity contribution in [2.24, 2.45) is 0 Å². The van der Waals surface area contributed by atoms with E-state index in [1.54, 1.807) is 18.2 Å².